The first-order chi connectivity index (χ1) is 8.12. The second-order valence-electron chi connectivity index (χ2n) is 5.59. The lowest BCUT2D eigenvalue weighted by atomic mass is 9.88. The lowest BCUT2D eigenvalue weighted by molar-refractivity contribution is -0.0237. The third-order valence-electron chi connectivity index (χ3n) is 4.12. The van der Waals surface area contributed by atoms with E-state index in [1.165, 1.54) is 25.7 Å². The Kier molecular flexibility index (Phi) is 6.45. The maximum Gasteiger partial charge on any atom is 0.0594 e. The van der Waals surface area contributed by atoms with Crippen molar-refractivity contribution in [1.82, 2.24) is 10.2 Å². The van der Waals surface area contributed by atoms with Crippen LogP contribution in [-0.2, 0) is 4.74 Å². The van der Waals surface area contributed by atoms with Crippen LogP contribution in [0.5, 0.6) is 0 Å². The van der Waals surface area contributed by atoms with Crippen molar-refractivity contribution in [3.63, 3.8) is 0 Å². The Morgan fingerprint density at radius 2 is 1.88 bits per heavy atom. The quantitative estimate of drug-likeness (QED) is 0.693. The van der Waals surface area contributed by atoms with E-state index in [2.05, 4.69) is 38.0 Å². The molecule has 0 aromatic rings. The molecule has 1 heterocycles. The van der Waals surface area contributed by atoms with Crippen LogP contribution in [0.15, 0.2) is 0 Å². The summed E-state index contributed by atoms with van der Waals surface area (Å²) in [5.74, 6) is 0. The molecule has 0 saturated carbocycles. The normalized spacial score (nSPS) is 20.5. The highest BCUT2D eigenvalue weighted by molar-refractivity contribution is 4.93. The number of nitrogens with one attached hydrogen (secondary N) is 1. The number of rotatable bonds is 7. The van der Waals surface area contributed by atoms with Gasteiger partial charge in [-0.15, -0.1) is 0 Å². The Hall–Kier alpha value is -0.120. The van der Waals surface area contributed by atoms with Gasteiger partial charge < -0.3 is 10.1 Å². The highest BCUT2D eigenvalue weighted by Gasteiger charge is 2.34. The summed E-state index contributed by atoms with van der Waals surface area (Å²) in [4.78, 5) is 2.57. The fourth-order valence-corrected chi connectivity index (χ4v) is 2.81. The molecule has 1 rings (SSSR count). The Bertz CT molecular complexity index is 200. The van der Waals surface area contributed by atoms with Crippen molar-refractivity contribution >= 4 is 0 Å². The van der Waals surface area contributed by atoms with E-state index < -0.39 is 0 Å². The molecule has 3 nitrogen and oxygen atoms in total. The van der Waals surface area contributed by atoms with Gasteiger partial charge in [-0.1, -0.05) is 26.2 Å². The first-order valence-electron chi connectivity index (χ1n) is 7.13. The van der Waals surface area contributed by atoms with Crippen LogP contribution in [0.3, 0.4) is 0 Å². The number of hydrogen-bond acceptors (Lipinski definition) is 3. The van der Waals surface area contributed by atoms with Crippen LogP contribution in [0, 0.1) is 0 Å². The molecular formula is C14H30N2O. The molecular weight excluding hydrogens is 212 g/mol. The molecule has 0 spiro atoms. The number of hydrogen-bond donors (Lipinski definition) is 1. The predicted molar refractivity (Wildman–Crippen MR) is 73.5 cm³/mol. The summed E-state index contributed by atoms with van der Waals surface area (Å²) < 4.78 is 5.44. The van der Waals surface area contributed by atoms with E-state index in [0.29, 0.717) is 6.04 Å². The van der Waals surface area contributed by atoms with E-state index in [9.17, 15) is 0 Å². The molecule has 102 valence electrons. The second kappa shape index (κ2) is 7.34. The van der Waals surface area contributed by atoms with Gasteiger partial charge in [0.1, 0.15) is 0 Å². The summed E-state index contributed by atoms with van der Waals surface area (Å²) in [6, 6.07) is 0.576. The number of ether oxygens (including phenoxy) is 1. The minimum absolute atomic E-state index is 0.228. The minimum Gasteiger partial charge on any atom is -0.379 e. The van der Waals surface area contributed by atoms with Gasteiger partial charge in [0.25, 0.3) is 0 Å². The molecule has 0 aliphatic carbocycles. The van der Waals surface area contributed by atoms with Crippen LogP contribution in [0.4, 0.5) is 0 Å². The molecule has 3 heteroatoms. The summed E-state index contributed by atoms with van der Waals surface area (Å²) in [5, 5.41) is 3.52. The number of morpholine rings is 1. The first kappa shape index (κ1) is 14.9. The van der Waals surface area contributed by atoms with Crippen molar-refractivity contribution in [2.45, 2.75) is 58.0 Å². The molecule has 0 aromatic carbocycles. The molecule has 1 aliphatic rings. The van der Waals surface area contributed by atoms with Gasteiger partial charge in [-0.2, -0.15) is 0 Å². The zero-order chi connectivity index (χ0) is 12.7. The summed E-state index contributed by atoms with van der Waals surface area (Å²) in [7, 11) is 2.10. The average Bonchev–Trinajstić information content (AvgIpc) is 2.35. The second-order valence-corrected chi connectivity index (χ2v) is 5.59. The van der Waals surface area contributed by atoms with Crippen LogP contribution in [0.2, 0.25) is 0 Å². The van der Waals surface area contributed by atoms with E-state index in [0.717, 1.165) is 26.3 Å². The Morgan fingerprint density at radius 3 is 2.41 bits per heavy atom. The number of likely N-dealkylation sites (N-methyl/N-ethyl adjacent to an activating group) is 1. The van der Waals surface area contributed by atoms with Crippen molar-refractivity contribution < 1.29 is 4.74 Å². The van der Waals surface area contributed by atoms with E-state index in [1.807, 2.05) is 0 Å². The SMILES string of the molecule is CCCCCC(NC)C(C)(C)N1CCOCC1. The fraction of sp³-hybridized carbons (Fsp3) is 1.00. The minimum atomic E-state index is 0.228. The van der Waals surface area contributed by atoms with Gasteiger partial charge in [0.2, 0.25) is 0 Å². The van der Waals surface area contributed by atoms with Crippen molar-refractivity contribution in [3.8, 4) is 0 Å². The van der Waals surface area contributed by atoms with Crippen molar-refractivity contribution in [2.75, 3.05) is 33.4 Å². The van der Waals surface area contributed by atoms with Crippen LogP contribution < -0.4 is 5.32 Å². The third kappa shape index (κ3) is 4.23. The Labute approximate surface area is 107 Å². The standard InChI is InChI=1S/C14H30N2O/c1-5-6-7-8-13(15-4)14(2,3)16-9-11-17-12-10-16/h13,15H,5-12H2,1-4H3. The molecule has 1 unspecified atom stereocenters. The molecule has 1 N–H and O–H groups in total. The van der Waals surface area contributed by atoms with Gasteiger partial charge >= 0.3 is 0 Å². The van der Waals surface area contributed by atoms with Crippen molar-refractivity contribution in [3.05, 3.63) is 0 Å². The highest BCUT2D eigenvalue weighted by atomic mass is 16.5. The molecule has 1 aliphatic heterocycles. The average molecular weight is 242 g/mol. The van der Waals surface area contributed by atoms with Gasteiger partial charge in [0.15, 0.2) is 0 Å². The van der Waals surface area contributed by atoms with E-state index in [1.54, 1.807) is 0 Å². The predicted octanol–water partition coefficient (Wildman–Crippen LogP) is 2.27. The van der Waals surface area contributed by atoms with Gasteiger partial charge in [-0.25, -0.2) is 0 Å². The van der Waals surface area contributed by atoms with Crippen molar-refractivity contribution in [1.29, 1.82) is 0 Å². The van der Waals surface area contributed by atoms with Crippen LogP contribution >= 0.6 is 0 Å². The molecule has 1 atom stereocenters. The van der Waals surface area contributed by atoms with E-state index >= 15 is 0 Å². The van der Waals surface area contributed by atoms with E-state index in [4.69, 9.17) is 4.74 Å². The van der Waals surface area contributed by atoms with Gasteiger partial charge in [-0.3, -0.25) is 4.90 Å². The summed E-state index contributed by atoms with van der Waals surface area (Å²) in [6.07, 6.45) is 5.25. The maximum atomic E-state index is 5.44. The topological polar surface area (TPSA) is 24.5 Å². The van der Waals surface area contributed by atoms with E-state index in [-0.39, 0.29) is 5.54 Å². The van der Waals surface area contributed by atoms with Gasteiger partial charge in [-0.05, 0) is 27.3 Å². The zero-order valence-electron chi connectivity index (χ0n) is 12.1. The van der Waals surface area contributed by atoms with Gasteiger partial charge in [0, 0.05) is 24.7 Å². The molecule has 17 heavy (non-hydrogen) atoms. The number of nitrogens with zero attached hydrogens (tertiary/aromatic N) is 1. The number of unbranched alkanes of at least 4 members (excludes halogenated alkanes) is 2. The smallest absolute Gasteiger partial charge is 0.0594 e. The Balaban J connectivity index is 2.50. The molecule has 0 aromatic heterocycles. The summed E-state index contributed by atoms with van der Waals surface area (Å²) in [5.41, 5.74) is 0.228. The summed E-state index contributed by atoms with van der Waals surface area (Å²) in [6.45, 7) is 10.9. The molecule has 0 bridgehead atoms. The molecule has 1 fully saturated rings. The van der Waals surface area contributed by atoms with Crippen molar-refractivity contribution in [2.24, 2.45) is 0 Å². The molecule has 0 amide bonds. The fourth-order valence-electron chi connectivity index (χ4n) is 2.81. The van der Waals surface area contributed by atoms with Crippen LogP contribution in [-0.4, -0.2) is 49.8 Å². The molecule has 0 radical (unpaired) electrons. The first-order valence-corrected chi connectivity index (χ1v) is 7.13. The third-order valence-corrected chi connectivity index (χ3v) is 4.12. The summed E-state index contributed by atoms with van der Waals surface area (Å²) >= 11 is 0. The largest absolute Gasteiger partial charge is 0.379 e. The maximum absolute atomic E-state index is 5.44. The lowest BCUT2D eigenvalue weighted by Crippen LogP contribution is -2.59. The van der Waals surface area contributed by atoms with Crippen LogP contribution in [0.25, 0.3) is 0 Å². The monoisotopic (exact) mass is 242 g/mol. The Morgan fingerprint density at radius 1 is 1.24 bits per heavy atom. The van der Waals surface area contributed by atoms with Gasteiger partial charge in [0.05, 0.1) is 13.2 Å². The lowest BCUT2D eigenvalue weighted by Gasteiger charge is -2.46. The molecule has 1 saturated heterocycles. The highest BCUT2D eigenvalue weighted by Crippen LogP contribution is 2.23. The van der Waals surface area contributed by atoms with Crippen LogP contribution in [0.1, 0.15) is 46.5 Å². The zero-order valence-corrected chi connectivity index (χ0v) is 12.1.